The van der Waals surface area contributed by atoms with E-state index in [-0.39, 0.29) is 24.1 Å². The highest BCUT2D eigenvalue weighted by Gasteiger charge is 2.31. The first-order valence-corrected chi connectivity index (χ1v) is 12.1. The van der Waals surface area contributed by atoms with Crippen LogP contribution in [0.5, 0.6) is 23.0 Å². The Labute approximate surface area is 209 Å². The van der Waals surface area contributed by atoms with Crippen molar-refractivity contribution in [2.75, 3.05) is 32.9 Å². The highest BCUT2D eigenvalue weighted by atomic mass is 19.1. The van der Waals surface area contributed by atoms with Gasteiger partial charge in [0.25, 0.3) is 0 Å². The van der Waals surface area contributed by atoms with Crippen molar-refractivity contribution >= 4 is 11.1 Å². The van der Waals surface area contributed by atoms with E-state index in [2.05, 4.69) is 4.90 Å². The van der Waals surface area contributed by atoms with Gasteiger partial charge in [-0.3, -0.25) is 9.29 Å². The van der Waals surface area contributed by atoms with Gasteiger partial charge >= 0.3 is 0 Å². The van der Waals surface area contributed by atoms with Crippen LogP contribution in [-0.4, -0.2) is 48.0 Å². The Morgan fingerprint density at radius 2 is 1.72 bits per heavy atom. The number of nitrogens with zero attached hydrogens (tertiary/aromatic N) is 1. The van der Waals surface area contributed by atoms with E-state index in [1.54, 1.807) is 24.3 Å². The van der Waals surface area contributed by atoms with E-state index in [0.29, 0.717) is 29.2 Å². The normalized spacial score (nSPS) is 19.8. The molecule has 2 N–H and O–H groups in total. The van der Waals surface area contributed by atoms with Crippen LogP contribution in [0.4, 0.5) is 8.78 Å². The van der Waals surface area contributed by atoms with Gasteiger partial charge in [-0.25, -0.2) is 4.39 Å². The molecule has 0 saturated carbocycles. The molecule has 1 unspecified atom stereocenters. The summed E-state index contributed by atoms with van der Waals surface area (Å²) < 4.78 is 40.0. The molecule has 3 aromatic rings. The number of hydrogen-bond donors (Lipinski definition) is 2. The summed E-state index contributed by atoms with van der Waals surface area (Å²) in [4.78, 5) is 2.22. The van der Waals surface area contributed by atoms with Gasteiger partial charge in [0, 0.05) is 47.8 Å². The van der Waals surface area contributed by atoms with E-state index in [9.17, 15) is 19.0 Å². The van der Waals surface area contributed by atoms with Crippen molar-refractivity contribution in [3.05, 3.63) is 83.2 Å². The van der Waals surface area contributed by atoms with Gasteiger partial charge in [-0.1, -0.05) is 12.1 Å². The van der Waals surface area contributed by atoms with E-state index in [4.69, 9.17) is 9.47 Å². The average molecular weight is 494 g/mol. The predicted molar refractivity (Wildman–Crippen MR) is 134 cm³/mol. The highest BCUT2D eigenvalue weighted by Crippen LogP contribution is 2.48. The molecule has 5 rings (SSSR count). The number of aromatic hydroxyl groups is 2. The molecule has 0 amide bonds. The zero-order valence-electron chi connectivity index (χ0n) is 20.1. The van der Waals surface area contributed by atoms with Gasteiger partial charge in [0.15, 0.2) is 0 Å². The molecule has 2 atom stereocenters. The maximum atomic E-state index is 15.0. The van der Waals surface area contributed by atoms with Gasteiger partial charge in [-0.05, 0) is 67.4 Å². The highest BCUT2D eigenvalue weighted by molar-refractivity contribution is 5.95. The molecule has 0 spiro atoms. The molecule has 1 saturated heterocycles. The summed E-state index contributed by atoms with van der Waals surface area (Å²) >= 11 is 0. The molecule has 2 heterocycles. The second-order valence-electron chi connectivity index (χ2n) is 9.41. The van der Waals surface area contributed by atoms with Crippen molar-refractivity contribution in [2.45, 2.75) is 19.4 Å². The van der Waals surface area contributed by atoms with Crippen LogP contribution in [0.2, 0.25) is 0 Å². The molecule has 0 radical (unpaired) electrons. The summed E-state index contributed by atoms with van der Waals surface area (Å²) in [7, 11) is 0. The predicted octanol–water partition coefficient (Wildman–Crippen LogP) is 5.97. The number of likely N-dealkylation sites (tertiary alicyclic amines) is 1. The van der Waals surface area contributed by atoms with E-state index in [0.717, 1.165) is 48.8 Å². The van der Waals surface area contributed by atoms with Gasteiger partial charge < -0.3 is 19.7 Å². The third-order valence-corrected chi connectivity index (χ3v) is 6.97. The number of halogens is 2. The van der Waals surface area contributed by atoms with Crippen LogP contribution in [0.25, 0.3) is 11.1 Å². The lowest BCUT2D eigenvalue weighted by Gasteiger charge is -2.31. The number of allylic oxidation sites excluding steroid dienone is 1. The number of phenolic OH excluding ortho intramolecular Hbond substituents is 2. The summed E-state index contributed by atoms with van der Waals surface area (Å²) in [6.07, 6.45) is 0.263. The molecule has 36 heavy (non-hydrogen) atoms. The van der Waals surface area contributed by atoms with Crippen molar-refractivity contribution < 1.29 is 28.5 Å². The quantitative estimate of drug-likeness (QED) is 0.425. The van der Waals surface area contributed by atoms with Crippen LogP contribution in [0.15, 0.2) is 60.7 Å². The molecular weight excluding hydrogens is 464 g/mol. The first-order valence-electron chi connectivity index (χ1n) is 12.1. The van der Waals surface area contributed by atoms with Crippen LogP contribution in [0.3, 0.4) is 0 Å². The Balaban J connectivity index is 1.39. The second-order valence-corrected chi connectivity index (χ2v) is 9.41. The van der Waals surface area contributed by atoms with Crippen LogP contribution in [0.1, 0.15) is 36.1 Å². The molecule has 1 fully saturated rings. The third-order valence-electron chi connectivity index (χ3n) is 6.97. The Morgan fingerprint density at radius 3 is 2.42 bits per heavy atom. The number of alkyl halides is 1. The summed E-state index contributed by atoms with van der Waals surface area (Å²) in [5.41, 5.74) is 3.37. The number of ether oxygens (including phenoxy) is 2. The Hall–Kier alpha value is -3.58. The summed E-state index contributed by atoms with van der Waals surface area (Å²) in [5, 5.41) is 19.7. The lowest BCUT2D eigenvalue weighted by molar-refractivity contribution is 0.228. The molecule has 3 aromatic carbocycles. The minimum Gasteiger partial charge on any atom is -0.508 e. The largest absolute Gasteiger partial charge is 0.508 e. The van der Waals surface area contributed by atoms with Gasteiger partial charge in [0.05, 0.1) is 6.67 Å². The minimum atomic E-state index is -0.630. The molecule has 2 aliphatic rings. The smallest absolute Gasteiger partial charge is 0.150 e. The zero-order valence-corrected chi connectivity index (χ0v) is 20.1. The molecule has 0 aliphatic carbocycles. The molecular formula is C29H29F2NO4. The minimum absolute atomic E-state index is 0.0825. The molecule has 188 valence electrons. The first-order chi connectivity index (χ1) is 17.4. The van der Waals surface area contributed by atoms with E-state index < -0.39 is 11.9 Å². The zero-order chi connectivity index (χ0) is 25.2. The summed E-state index contributed by atoms with van der Waals surface area (Å²) in [6, 6.07) is 16.4. The molecule has 0 aromatic heterocycles. The summed E-state index contributed by atoms with van der Waals surface area (Å²) in [5.74, 6) is 0.737. The van der Waals surface area contributed by atoms with Crippen molar-refractivity contribution in [1.29, 1.82) is 0 Å². The van der Waals surface area contributed by atoms with E-state index >= 15 is 0 Å². The monoisotopic (exact) mass is 493 g/mol. The van der Waals surface area contributed by atoms with Crippen molar-refractivity contribution in [3.63, 3.8) is 0 Å². The topological polar surface area (TPSA) is 62.2 Å². The van der Waals surface area contributed by atoms with Gasteiger partial charge in [0.1, 0.15) is 41.5 Å². The fourth-order valence-corrected chi connectivity index (χ4v) is 5.02. The Morgan fingerprint density at radius 1 is 1.00 bits per heavy atom. The standard InChI is InChI=1S/C29H29F2NO4/c1-18-24-8-4-22(34)15-27(24)36-29(28(18)25-9-5-21(33)14-26(25)31)20-2-6-23(7-3-20)35-13-12-32-11-10-19(16-30)17-32/h2-9,14-15,19,29,33-34H,10-13,16-17H2,1H3/t19-,29?/m0/s1. The van der Waals surface area contributed by atoms with Crippen LogP contribution in [0, 0.1) is 11.7 Å². The fourth-order valence-electron chi connectivity index (χ4n) is 5.02. The van der Waals surface area contributed by atoms with Crippen LogP contribution >= 0.6 is 0 Å². The fraction of sp³-hybridized carbons (Fsp3) is 0.310. The third kappa shape index (κ3) is 4.88. The average Bonchev–Trinajstić information content (AvgIpc) is 3.33. The maximum Gasteiger partial charge on any atom is 0.150 e. The molecule has 0 bridgehead atoms. The first kappa shape index (κ1) is 24.1. The Kier molecular flexibility index (Phi) is 6.83. The van der Waals surface area contributed by atoms with Crippen LogP contribution in [-0.2, 0) is 0 Å². The maximum absolute atomic E-state index is 15.0. The number of hydrogen-bond acceptors (Lipinski definition) is 5. The number of phenols is 2. The van der Waals surface area contributed by atoms with Gasteiger partial charge in [-0.2, -0.15) is 0 Å². The lowest BCUT2D eigenvalue weighted by atomic mass is 9.86. The lowest BCUT2D eigenvalue weighted by Crippen LogP contribution is -2.26. The van der Waals surface area contributed by atoms with Gasteiger partial charge in [-0.15, -0.1) is 0 Å². The van der Waals surface area contributed by atoms with Crippen LogP contribution < -0.4 is 9.47 Å². The second kappa shape index (κ2) is 10.2. The SMILES string of the molecule is CC1=C(c2ccc(O)cc2F)C(c2ccc(OCCN3CC[C@@H](CF)C3)cc2)Oc2cc(O)ccc21. The van der Waals surface area contributed by atoms with Crippen molar-refractivity contribution in [3.8, 4) is 23.0 Å². The number of benzene rings is 3. The van der Waals surface area contributed by atoms with E-state index in [1.807, 2.05) is 31.2 Å². The number of rotatable bonds is 7. The van der Waals surface area contributed by atoms with Gasteiger partial charge in [0.2, 0.25) is 0 Å². The summed E-state index contributed by atoms with van der Waals surface area (Å²) in [6.45, 7) is 4.56. The Bertz CT molecular complexity index is 1270. The van der Waals surface area contributed by atoms with E-state index in [1.165, 1.54) is 6.07 Å². The molecule has 5 nitrogen and oxygen atoms in total. The molecule has 2 aliphatic heterocycles. The van der Waals surface area contributed by atoms with Crippen molar-refractivity contribution in [1.82, 2.24) is 4.90 Å². The molecule has 7 heteroatoms. The van der Waals surface area contributed by atoms with Crippen molar-refractivity contribution in [2.24, 2.45) is 5.92 Å². The number of fused-ring (bicyclic) bond motifs is 1.